The molecular weight excluding hydrogens is 220 g/mol. The molecule has 1 nitrogen and oxygen atoms in total. The Morgan fingerprint density at radius 3 is 2.11 bits per heavy atom. The average Bonchev–Trinajstić information content (AvgIpc) is 2.36. The van der Waals surface area contributed by atoms with Crippen LogP contribution in [0.15, 0.2) is 36.5 Å². The molecule has 0 aliphatic rings. The largest absolute Gasteiger partial charge is 0.395 e. The molecule has 0 aromatic heterocycles. The number of aliphatic hydroxyl groups is 1. The molecule has 0 aliphatic heterocycles. The highest BCUT2D eigenvalue weighted by Gasteiger charge is 2.09. The summed E-state index contributed by atoms with van der Waals surface area (Å²) in [5.41, 5.74) is -0.0903. The van der Waals surface area contributed by atoms with Crippen LogP contribution in [-0.2, 0) is 0 Å². The van der Waals surface area contributed by atoms with Crippen molar-refractivity contribution in [2.45, 2.75) is 59.3 Å². The van der Waals surface area contributed by atoms with Gasteiger partial charge in [0, 0.05) is 5.41 Å². The summed E-state index contributed by atoms with van der Waals surface area (Å²) in [5, 5.41) is 9.08. The third kappa shape index (κ3) is 11.7. The Balaban J connectivity index is 3.55. The van der Waals surface area contributed by atoms with E-state index < -0.39 is 0 Å². The van der Waals surface area contributed by atoms with E-state index in [9.17, 15) is 0 Å². The van der Waals surface area contributed by atoms with Gasteiger partial charge < -0.3 is 5.11 Å². The molecule has 0 aromatic rings. The van der Waals surface area contributed by atoms with Crippen molar-refractivity contribution in [2.24, 2.45) is 5.41 Å². The Morgan fingerprint density at radius 2 is 1.50 bits per heavy atom. The van der Waals surface area contributed by atoms with E-state index in [4.69, 9.17) is 5.11 Å². The third-order valence-electron chi connectivity index (χ3n) is 2.83. The molecule has 0 aliphatic carbocycles. The normalized spacial score (nSPS) is 13.3. The van der Waals surface area contributed by atoms with Crippen LogP contribution in [0, 0.1) is 5.41 Å². The van der Waals surface area contributed by atoms with Gasteiger partial charge in [-0.05, 0) is 25.7 Å². The molecule has 0 spiro atoms. The summed E-state index contributed by atoms with van der Waals surface area (Å²) in [4.78, 5) is 0. The lowest BCUT2D eigenvalue weighted by molar-refractivity contribution is 0.199. The molecule has 0 bridgehead atoms. The van der Waals surface area contributed by atoms with Gasteiger partial charge in [-0.25, -0.2) is 0 Å². The van der Waals surface area contributed by atoms with Gasteiger partial charge in [0.15, 0.2) is 0 Å². The van der Waals surface area contributed by atoms with Gasteiger partial charge in [0.25, 0.3) is 0 Å². The van der Waals surface area contributed by atoms with Crippen molar-refractivity contribution >= 4 is 0 Å². The fourth-order valence-electron chi connectivity index (χ4n) is 1.52. The molecule has 0 aromatic carbocycles. The fourth-order valence-corrected chi connectivity index (χ4v) is 1.52. The van der Waals surface area contributed by atoms with Crippen molar-refractivity contribution in [1.82, 2.24) is 0 Å². The van der Waals surface area contributed by atoms with E-state index in [0.717, 1.165) is 12.8 Å². The first-order chi connectivity index (χ1) is 8.62. The molecule has 0 atom stereocenters. The zero-order valence-electron chi connectivity index (χ0n) is 12.4. The minimum Gasteiger partial charge on any atom is -0.395 e. The third-order valence-corrected chi connectivity index (χ3v) is 2.83. The lowest BCUT2D eigenvalue weighted by Gasteiger charge is -2.15. The minimum absolute atomic E-state index is 0.0903. The summed E-state index contributed by atoms with van der Waals surface area (Å²) in [6.07, 6.45) is 20.3. The lowest BCUT2D eigenvalue weighted by atomic mass is 9.94. The molecule has 1 heteroatoms. The van der Waals surface area contributed by atoms with Crippen LogP contribution in [0.25, 0.3) is 0 Å². The predicted molar refractivity (Wildman–Crippen MR) is 81.7 cm³/mol. The summed E-state index contributed by atoms with van der Waals surface area (Å²) in [5.74, 6) is 0. The van der Waals surface area contributed by atoms with Crippen LogP contribution in [-0.4, -0.2) is 11.7 Å². The van der Waals surface area contributed by atoms with Gasteiger partial charge in [0.1, 0.15) is 0 Å². The van der Waals surface area contributed by atoms with E-state index in [1.807, 2.05) is 13.8 Å². The highest BCUT2D eigenvalue weighted by Crippen LogP contribution is 2.15. The van der Waals surface area contributed by atoms with Crippen molar-refractivity contribution < 1.29 is 5.11 Å². The topological polar surface area (TPSA) is 20.2 Å². The van der Waals surface area contributed by atoms with Crippen molar-refractivity contribution in [1.29, 1.82) is 0 Å². The van der Waals surface area contributed by atoms with Crippen molar-refractivity contribution in [3.05, 3.63) is 36.5 Å². The van der Waals surface area contributed by atoms with E-state index in [1.54, 1.807) is 0 Å². The Labute approximate surface area is 113 Å². The van der Waals surface area contributed by atoms with Crippen LogP contribution in [0.2, 0.25) is 0 Å². The Morgan fingerprint density at radius 1 is 0.889 bits per heavy atom. The molecule has 0 fully saturated rings. The molecule has 0 amide bonds. The standard InChI is InChI=1S/C17H30O/c1-4-5-6-7-8-9-10-11-12-13-14-15-17(2,3)16-18/h8-9,11-12,14-15,18H,4-7,10,13,16H2,1-3H3/b9-8-,12-11-,15-14-. The van der Waals surface area contributed by atoms with E-state index >= 15 is 0 Å². The van der Waals surface area contributed by atoms with Crippen LogP contribution < -0.4 is 0 Å². The van der Waals surface area contributed by atoms with Gasteiger partial charge in [-0.2, -0.15) is 0 Å². The highest BCUT2D eigenvalue weighted by molar-refractivity contribution is 5.00. The molecule has 18 heavy (non-hydrogen) atoms. The molecule has 0 radical (unpaired) electrons. The second-order valence-electron chi connectivity index (χ2n) is 5.46. The zero-order valence-corrected chi connectivity index (χ0v) is 12.4. The smallest absolute Gasteiger partial charge is 0.0516 e. The highest BCUT2D eigenvalue weighted by atomic mass is 16.3. The van der Waals surface area contributed by atoms with Crippen molar-refractivity contribution in [3.8, 4) is 0 Å². The van der Waals surface area contributed by atoms with Gasteiger partial charge in [0.05, 0.1) is 6.61 Å². The van der Waals surface area contributed by atoms with Crippen LogP contribution in [0.5, 0.6) is 0 Å². The molecule has 0 unspecified atom stereocenters. The van der Waals surface area contributed by atoms with Crippen LogP contribution >= 0.6 is 0 Å². The molecule has 0 rings (SSSR count). The van der Waals surface area contributed by atoms with Crippen molar-refractivity contribution in [2.75, 3.05) is 6.61 Å². The first-order valence-corrected chi connectivity index (χ1v) is 7.21. The van der Waals surface area contributed by atoms with E-state index in [0.29, 0.717) is 0 Å². The molecule has 0 saturated heterocycles. The lowest BCUT2D eigenvalue weighted by Crippen LogP contribution is -2.12. The minimum atomic E-state index is -0.0903. The summed E-state index contributed by atoms with van der Waals surface area (Å²) in [6, 6.07) is 0. The van der Waals surface area contributed by atoms with E-state index in [-0.39, 0.29) is 12.0 Å². The maximum absolute atomic E-state index is 9.08. The molecule has 104 valence electrons. The quantitative estimate of drug-likeness (QED) is 0.425. The summed E-state index contributed by atoms with van der Waals surface area (Å²) in [7, 11) is 0. The van der Waals surface area contributed by atoms with E-state index in [1.165, 1.54) is 25.7 Å². The fraction of sp³-hybridized carbons (Fsp3) is 0.647. The first kappa shape index (κ1) is 17.2. The summed E-state index contributed by atoms with van der Waals surface area (Å²) in [6.45, 7) is 6.50. The van der Waals surface area contributed by atoms with Crippen LogP contribution in [0.3, 0.4) is 0 Å². The first-order valence-electron chi connectivity index (χ1n) is 7.21. The Bertz CT molecular complexity index is 259. The number of unbranched alkanes of at least 4 members (excludes halogenated alkanes) is 3. The number of allylic oxidation sites excluding steroid dienone is 5. The number of aliphatic hydroxyl groups excluding tert-OH is 1. The van der Waals surface area contributed by atoms with Gasteiger partial charge in [-0.1, -0.05) is 70.1 Å². The van der Waals surface area contributed by atoms with Gasteiger partial charge in [-0.15, -0.1) is 0 Å². The van der Waals surface area contributed by atoms with Gasteiger partial charge in [0.2, 0.25) is 0 Å². The Hall–Kier alpha value is -0.820. The molecule has 0 heterocycles. The Kier molecular flexibility index (Phi) is 10.8. The second-order valence-corrected chi connectivity index (χ2v) is 5.46. The maximum Gasteiger partial charge on any atom is 0.0516 e. The SMILES string of the molecule is CCCCC/C=C\C/C=C\C/C=C\C(C)(C)CO. The molecule has 0 saturated carbocycles. The monoisotopic (exact) mass is 250 g/mol. The van der Waals surface area contributed by atoms with Gasteiger partial charge in [-0.3, -0.25) is 0 Å². The van der Waals surface area contributed by atoms with Crippen molar-refractivity contribution in [3.63, 3.8) is 0 Å². The zero-order chi connectivity index (χ0) is 13.7. The number of hydrogen-bond acceptors (Lipinski definition) is 1. The second kappa shape index (κ2) is 11.3. The van der Waals surface area contributed by atoms with Gasteiger partial charge >= 0.3 is 0 Å². The van der Waals surface area contributed by atoms with Crippen LogP contribution in [0.4, 0.5) is 0 Å². The van der Waals surface area contributed by atoms with E-state index in [2.05, 4.69) is 43.4 Å². The van der Waals surface area contributed by atoms with Crippen LogP contribution in [0.1, 0.15) is 59.3 Å². The number of hydrogen-bond donors (Lipinski definition) is 1. The molecule has 1 N–H and O–H groups in total. The average molecular weight is 250 g/mol. The maximum atomic E-state index is 9.08. The molecular formula is C17H30O. The number of rotatable bonds is 10. The summed E-state index contributed by atoms with van der Waals surface area (Å²) >= 11 is 0. The predicted octanol–water partition coefficient (Wildman–Crippen LogP) is 5.03. The summed E-state index contributed by atoms with van der Waals surface area (Å²) < 4.78 is 0.